The predicted molar refractivity (Wildman–Crippen MR) is 154 cm³/mol. The lowest BCUT2D eigenvalue weighted by molar-refractivity contribution is -0.127. The van der Waals surface area contributed by atoms with Gasteiger partial charge < -0.3 is 5.32 Å². The summed E-state index contributed by atoms with van der Waals surface area (Å²) in [4.78, 5) is 54.5. The first-order valence-electron chi connectivity index (χ1n) is 13.9. The van der Waals surface area contributed by atoms with Crippen molar-refractivity contribution < 1.29 is 27.6 Å². The number of fused-ring (bicyclic) bond motifs is 1. The summed E-state index contributed by atoms with van der Waals surface area (Å²) >= 11 is 0. The van der Waals surface area contributed by atoms with Crippen molar-refractivity contribution in [2.75, 3.05) is 11.4 Å². The summed E-state index contributed by atoms with van der Waals surface area (Å²) < 4.78 is 28.7. The number of aromatic nitrogens is 2. The number of carbonyl (C=O) groups is 4. The first-order chi connectivity index (χ1) is 20.0. The Morgan fingerprint density at radius 1 is 1.05 bits per heavy atom. The minimum Gasteiger partial charge on any atom is -0.351 e. The summed E-state index contributed by atoms with van der Waals surface area (Å²) in [6.45, 7) is 2.32. The average molecular weight is 592 g/mol. The zero-order valence-corrected chi connectivity index (χ0v) is 24.6. The number of sulfonamides is 1. The highest BCUT2D eigenvalue weighted by atomic mass is 32.2. The van der Waals surface area contributed by atoms with Gasteiger partial charge in [0.15, 0.2) is 5.78 Å². The predicted octanol–water partition coefficient (Wildman–Crippen LogP) is 3.30. The molecule has 0 bridgehead atoms. The van der Waals surface area contributed by atoms with Gasteiger partial charge in [-0.25, -0.2) is 12.7 Å². The lowest BCUT2D eigenvalue weighted by atomic mass is 9.94. The van der Waals surface area contributed by atoms with E-state index in [1.165, 1.54) is 59.0 Å². The molecule has 1 atom stereocenters. The number of ketones is 1. The van der Waals surface area contributed by atoms with Crippen LogP contribution in [0.4, 0.5) is 5.69 Å². The van der Waals surface area contributed by atoms with Crippen LogP contribution in [-0.4, -0.2) is 58.6 Å². The fourth-order valence-electron chi connectivity index (χ4n) is 5.69. The highest BCUT2D eigenvalue weighted by Crippen LogP contribution is 2.34. The first-order valence-corrected chi connectivity index (χ1v) is 15.3. The topological polar surface area (TPSA) is 139 Å². The van der Waals surface area contributed by atoms with Gasteiger partial charge in [0.25, 0.3) is 15.9 Å². The van der Waals surface area contributed by atoms with Crippen molar-refractivity contribution in [3.05, 3.63) is 77.1 Å². The Kier molecular flexibility index (Phi) is 8.00. The Morgan fingerprint density at radius 3 is 2.31 bits per heavy atom. The van der Waals surface area contributed by atoms with Gasteiger partial charge in [-0.3, -0.25) is 28.8 Å². The number of nitrogens with one attached hydrogen (secondary N) is 1. The molecule has 0 radical (unpaired) electrons. The van der Waals surface area contributed by atoms with E-state index in [2.05, 4.69) is 10.4 Å². The minimum absolute atomic E-state index is 0.0163. The van der Waals surface area contributed by atoms with Crippen molar-refractivity contribution in [3.8, 4) is 0 Å². The van der Waals surface area contributed by atoms with Crippen molar-refractivity contribution >= 4 is 39.2 Å². The number of benzene rings is 2. The van der Waals surface area contributed by atoms with Crippen LogP contribution in [0.25, 0.3) is 0 Å². The van der Waals surface area contributed by atoms with Crippen LogP contribution < -0.4 is 10.2 Å². The largest absolute Gasteiger partial charge is 0.351 e. The summed E-state index contributed by atoms with van der Waals surface area (Å²) in [5, 5.41) is 7.49. The fourth-order valence-corrected chi connectivity index (χ4v) is 7.21. The van der Waals surface area contributed by atoms with E-state index in [1.54, 1.807) is 26.2 Å². The normalized spacial score (nSPS) is 17.0. The summed E-state index contributed by atoms with van der Waals surface area (Å²) in [5.74, 6) is -2.23. The second-order valence-corrected chi connectivity index (χ2v) is 12.6. The van der Waals surface area contributed by atoms with Gasteiger partial charge in [-0.05, 0) is 63.1 Å². The molecule has 0 unspecified atom stereocenters. The molecule has 2 heterocycles. The summed E-state index contributed by atoms with van der Waals surface area (Å²) in [7, 11) is -2.59. The van der Waals surface area contributed by atoms with Gasteiger partial charge in [-0.15, -0.1) is 0 Å². The highest BCUT2D eigenvalue weighted by molar-refractivity contribution is 7.90. The lowest BCUT2D eigenvalue weighted by Gasteiger charge is -2.34. The van der Waals surface area contributed by atoms with Crippen LogP contribution in [0, 0.1) is 6.92 Å². The standard InChI is InChI=1S/C30H33N5O6S/c1-19-25(17-33(3)32-19)28(29(38)31-22-9-5-4-6-10-22)35(23-15-13-21(14-16-23)20(2)36)27(37)18-34-30(39)24-11-7-8-12-26(24)42(34,40)41/h7-8,11-17,22,28H,4-6,9-10,18H2,1-3H3,(H,31,38)/t28-/m1/s1. The van der Waals surface area contributed by atoms with Crippen molar-refractivity contribution in [1.29, 1.82) is 0 Å². The van der Waals surface area contributed by atoms with Crippen LogP contribution in [-0.2, 0) is 26.7 Å². The lowest BCUT2D eigenvalue weighted by Crippen LogP contribution is -2.50. The van der Waals surface area contributed by atoms with Gasteiger partial charge in [0.2, 0.25) is 11.8 Å². The molecule has 1 aliphatic carbocycles. The second kappa shape index (κ2) is 11.5. The van der Waals surface area contributed by atoms with Crippen LogP contribution in [0.3, 0.4) is 0 Å². The SMILES string of the molecule is CC(=O)c1ccc(N(C(=O)CN2C(=O)c3ccccc3S2(=O)=O)[C@@H](C(=O)NC2CCCCC2)c2cn(C)nc2C)cc1. The zero-order valence-electron chi connectivity index (χ0n) is 23.7. The van der Waals surface area contributed by atoms with Crippen molar-refractivity contribution in [2.24, 2.45) is 7.05 Å². The molecule has 1 aliphatic heterocycles. The summed E-state index contributed by atoms with van der Waals surface area (Å²) in [5.41, 5.74) is 1.61. The summed E-state index contributed by atoms with van der Waals surface area (Å²) in [6.07, 6.45) is 6.32. The molecule has 1 saturated carbocycles. The molecule has 0 saturated heterocycles. The van der Waals surface area contributed by atoms with Gasteiger partial charge in [0.05, 0.1) is 11.3 Å². The number of hydrogen-bond donors (Lipinski definition) is 1. The van der Waals surface area contributed by atoms with E-state index >= 15 is 0 Å². The van der Waals surface area contributed by atoms with E-state index in [-0.39, 0.29) is 28.0 Å². The Balaban J connectivity index is 1.59. The number of carbonyl (C=O) groups excluding carboxylic acids is 4. The van der Waals surface area contributed by atoms with E-state index in [0.29, 0.717) is 21.1 Å². The molecule has 0 spiro atoms. The van der Waals surface area contributed by atoms with Gasteiger partial charge in [0.1, 0.15) is 17.5 Å². The molecule has 5 rings (SSSR count). The van der Waals surface area contributed by atoms with Crippen molar-refractivity contribution in [3.63, 3.8) is 0 Å². The third kappa shape index (κ3) is 5.46. The van der Waals surface area contributed by atoms with E-state index in [9.17, 15) is 27.6 Å². The molecule has 2 aliphatic rings. The number of rotatable bonds is 8. The molecule has 1 fully saturated rings. The Labute approximate surface area is 244 Å². The first kappa shape index (κ1) is 29.2. The number of aryl methyl sites for hydroxylation is 2. The molecule has 3 aromatic rings. The van der Waals surface area contributed by atoms with Crippen molar-refractivity contribution in [2.45, 2.75) is 62.9 Å². The molecule has 1 N–H and O–H groups in total. The van der Waals surface area contributed by atoms with Crippen LogP contribution in [0.5, 0.6) is 0 Å². The van der Waals surface area contributed by atoms with E-state index in [4.69, 9.17) is 0 Å². The molecule has 11 nitrogen and oxygen atoms in total. The number of Topliss-reactive ketones (excluding diaryl/α,β-unsaturated/α-hetero) is 1. The number of nitrogens with zero attached hydrogens (tertiary/aromatic N) is 4. The maximum absolute atomic E-state index is 14.2. The highest BCUT2D eigenvalue weighted by Gasteiger charge is 2.44. The van der Waals surface area contributed by atoms with Crippen LogP contribution in [0.15, 0.2) is 59.6 Å². The van der Waals surface area contributed by atoms with Gasteiger partial charge >= 0.3 is 0 Å². The number of hydrogen-bond acceptors (Lipinski definition) is 7. The molecular weight excluding hydrogens is 558 g/mol. The van der Waals surface area contributed by atoms with Gasteiger partial charge in [-0.1, -0.05) is 31.4 Å². The maximum Gasteiger partial charge on any atom is 0.269 e. The Bertz CT molecular complexity index is 1660. The van der Waals surface area contributed by atoms with Gasteiger partial charge in [0, 0.05) is 36.1 Å². The van der Waals surface area contributed by atoms with Crippen molar-refractivity contribution in [1.82, 2.24) is 19.4 Å². The molecule has 42 heavy (non-hydrogen) atoms. The number of anilines is 1. The Hall–Kier alpha value is -4.32. The maximum atomic E-state index is 14.2. The van der Waals surface area contributed by atoms with Gasteiger partial charge in [-0.2, -0.15) is 5.10 Å². The molecular formula is C30H33N5O6S. The quantitative estimate of drug-likeness (QED) is 0.397. The second-order valence-electron chi connectivity index (χ2n) is 10.8. The average Bonchev–Trinajstić information content (AvgIpc) is 3.39. The monoisotopic (exact) mass is 591 g/mol. The van der Waals surface area contributed by atoms with E-state index < -0.39 is 40.3 Å². The number of amides is 3. The minimum atomic E-state index is -4.29. The molecule has 12 heteroatoms. The molecule has 1 aromatic heterocycles. The molecule has 220 valence electrons. The van der Waals surface area contributed by atoms with Crippen LogP contribution in [0.2, 0.25) is 0 Å². The third-order valence-electron chi connectivity index (χ3n) is 7.82. The summed E-state index contributed by atoms with van der Waals surface area (Å²) in [6, 6.07) is 10.6. The third-order valence-corrected chi connectivity index (χ3v) is 9.60. The molecule has 3 amide bonds. The zero-order chi connectivity index (χ0) is 30.2. The molecule has 2 aromatic carbocycles. The van der Waals surface area contributed by atoms with E-state index in [0.717, 1.165) is 32.1 Å². The van der Waals surface area contributed by atoms with Crippen LogP contribution >= 0.6 is 0 Å². The fraction of sp³-hybridized carbons (Fsp3) is 0.367. The Morgan fingerprint density at radius 2 is 1.71 bits per heavy atom. The van der Waals surface area contributed by atoms with E-state index in [1.807, 2.05) is 0 Å². The van der Waals surface area contributed by atoms with Crippen LogP contribution in [0.1, 0.15) is 77.0 Å². The smallest absolute Gasteiger partial charge is 0.269 e.